The number of rotatable bonds is 3. The lowest BCUT2D eigenvalue weighted by Crippen LogP contribution is -2.36. The van der Waals surface area contributed by atoms with Crippen LogP contribution < -0.4 is 10.6 Å². The van der Waals surface area contributed by atoms with Crippen molar-refractivity contribution in [3.63, 3.8) is 0 Å². The first-order valence-electron chi connectivity index (χ1n) is 8.99. The quantitative estimate of drug-likeness (QED) is 0.540. The number of anilines is 2. The Bertz CT molecular complexity index is 1080. The van der Waals surface area contributed by atoms with E-state index in [1.165, 1.54) is 48.5 Å². The van der Waals surface area contributed by atoms with Gasteiger partial charge in [-0.1, -0.05) is 18.2 Å². The molecule has 2 heterocycles. The van der Waals surface area contributed by atoms with Crippen LogP contribution in [0.3, 0.4) is 0 Å². The monoisotopic (exact) mass is 420 g/mol. The lowest BCUT2D eigenvalue weighted by molar-refractivity contribution is -0.173. The third-order valence-corrected chi connectivity index (χ3v) is 4.86. The van der Waals surface area contributed by atoms with Gasteiger partial charge >= 0.3 is 6.18 Å². The molecule has 0 spiro atoms. The molecule has 4 rings (SSSR count). The van der Waals surface area contributed by atoms with Gasteiger partial charge in [0.1, 0.15) is 22.9 Å². The van der Waals surface area contributed by atoms with Crippen molar-refractivity contribution >= 4 is 17.4 Å². The van der Waals surface area contributed by atoms with Crippen molar-refractivity contribution in [1.29, 1.82) is 0 Å². The molecule has 2 aromatic carbocycles. The number of alkyl halides is 3. The van der Waals surface area contributed by atoms with E-state index in [4.69, 9.17) is 0 Å². The molecule has 0 bridgehead atoms. The van der Waals surface area contributed by atoms with E-state index in [2.05, 4.69) is 15.7 Å². The molecular formula is C20H16F4N4O2. The third-order valence-electron chi connectivity index (χ3n) is 4.86. The number of phenols is 1. The topological polar surface area (TPSA) is 79.2 Å². The van der Waals surface area contributed by atoms with Crippen molar-refractivity contribution in [2.45, 2.75) is 24.7 Å². The number of aromatic nitrogens is 2. The third kappa shape index (κ3) is 3.80. The van der Waals surface area contributed by atoms with Crippen LogP contribution in [0, 0.1) is 5.82 Å². The highest BCUT2D eigenvalue weighted by molar-refractivity contribution is 6.07. The van der Waals surface area contributed by atoms with Crippen LogP contribution in [0.15, 0.2) is 54.7 Å². The van der Waals surface area contributed by atoms with Crippen LogP contribution in [-0.4, -0.2) is 27.0 Å². The van der Waals surface area contributed by atoms with E-state index in [9.17, 15) is 27.5 Å². The van der Waals surface area contributed by atoms with Gasteiger partial charge in [0.05, 0.1) is 12.2 Å². The maximum atomic E-state index is 13.7. The van der Waals surface area contributed by atoms with Crippen molar-refractivity contribution < 1.29 is 27.5 Å². The minimum absolute atomic E-state index is 0.0727. The summed E-state index contributed by atoms with van der Waals surface area (Å²) in [6, 6.07) is 8.16. The van der Waals surface area contributed by atoms with Crippen molar-refractivity contribution in [2.75, 3.05) is 10.6 Å². The van der Waals surface area contributed by atoms with Crippen LogP contribution in [0.2, 0.25) is 0 Å². The second-order valence-corrected chi connectivity index (χ2v) is 6.90. The molecule has 0 fully saturated rings. The minimum Gasteiger partial charge on any atom is -0.508 e. The molecule has 1 amide bonds. The van der Waals surface area contributed by atoms with E-state index >= 15 is 0 Å². The van der Waals surface area contributed by atoms with Crippen LogP contribution in [0.1, 0.15) is 34.4 Å². The molecule has 1 aliphatic heterocycles. The molecule has 3 N–H and O–H groups in total. The first kappa shape index (κ1) is 19.7. The van der Waals surface area contributed by atoms with Crippen LogP contribution in [0.5, 0.6) is 5.75 Å². The Balaban J connectivity index is 1.69. The number of nitrogens with one attached hydrogen (secondary N) is 2. The molecule has 6 nitrogen and oxygen atoms in total. The second-order valence-electron chi connectivity index (χ2n) is 6.90. The zero-order valence-electron chi connectivity index (χ0n) is 15.3. The smallest absolute Gasteiger partial charge is 0.410 e. The summed E-state index contributed by atoms with van der Waals surface area (Å²) >= 11 is 0. The number of halogens is 4. The zero-order valence-corrected chi connectivity index (χ0v) is 15.3. The van der Waals surface area contributed by atoms with E-state index in [1.807, 2.05) is 0 Å². The highest BCUT2D eigenvalue weighted by Crippen LogP contribution is 2.44. The molecule has 0 saturated carbocycles. The van der Waals surface area contributed by atoms with Gasteiger partial charge in [0.25, 0.3) is 5.91 Å². The van der Waals surface area contributed by atoms with E-state index in [0.717, 1.165) is 10.9 Å². The molecule has 0 saturated heterocycles. The molecule has 0 unspecified atom stereocenters. The highest BCUT2D eigenvalue weighted by Gasteiger charge is 2.47. The summed E-state index contributed by atoms with van der Waals surface area (Å²) in [5.41, 5.74) is 0.648. The first-order chi connectivity index (χ1) is 14.2. The van der Waals surface area contributed by atoms with Gasteiger partial charge < -0.3 is 15.7 Å². The van der Waals surface area contributed by atoms with Crippen molar-refractivity contribution in [1.82, 2.24) is 9.78 Å². The molecule has 3 aromatic rings. The van der Waals surface area contributed by atoms with Crippen LogP contribution in [-0.2, 0) is 0 Å². The number of nitrogens with zero attached hydrogens (tertiary/aromatic N) is 2. The second kappa shape index (κ2) is 7.36. The number of hydrogen-bond acceptors (Lipinski definition) is 4. The van der Waals surface area contributed by atoms with Gasteiger partial charge in [-0.3, -0.25) is 4.79 Å². The van der Waals surface area contributed by atoms with Gasteiger partial charge in [0.2, 0.25) is 0 Å². The Morgan fingerprint density at radius 1 is 1.20 bits per heavy atom. The normalized spacial score (nSPS) is 18.4. The van der Waals surface area contributed by atoms with E-state index in [0.29, 0.717) is 5.56 Å². The lowest BCUT2D eigenvalue weighted by Gasteiger charge is -2.34. The summed E-state index contributed by atoms with van der Waals surface area (Å²) in [4.78, 5) is 12.7. The van der Waals surface area contributed by atoms with Gasteiger partial charge in [-0.2, -0.15) is 18.3 Å². The summed E-state index contributed by atoms with van der Waals surface area (Å²) in [6.45, 7) is 0. The number of benzene rings is 2. The first-order valence-corrected chi connectivity index (χ1v) is 8.99. The van der Waals surface area contributed by atoms with Crippen molar-refractivity contribution in [2.24, 2.45) is 0 Å². The molecule has 1 aliphatic rings. The highest BCUT2D eigenvalue weighted by atomic mass is 19.4. The fourth-order valence-electron chi connectivity index (χ4n) is 3.42. The predicted octanol–water partition coefficient (Wildman–Crippen LogP) is 4.64. The number of hydrogen-bond donors (Lipinski definition) is 3. The summed E-state index contributed by atoms with van der Waals surface area (Å²) in [5.74, 6) is -1.35. The van der Waals surface area contributed by atoms with Crippen molar-refractivity contribution in [3.05, 3.63) is 71.7 Å². The Morgan fingerprint density at radius 3 is 2.60 bits per heavy atom. The molecule has 156 valence electrons. The Kier molecular flexibility index (Phi) is 4.84. The molecule has 0 radical (unpaired) electrons. The van der Waals surface area contributed by atoms with Gasteiger partial charge in [0.15, 0.2) is 6.04 Å². The van der Waals surface area contributed by atoms with E-state index < -0.39 is 30.0 Å². The average molecular weight is 420 g/mol. The fourth-order valence-corrected chi connectivity index (χ4v) is 3.42. The number of fused-ring (bicyclic) bond motifs is 1. The average Bonchev–Trinajstić information content (AvgIpc) is 3.11. The van der Waals surface area contributed by atoms with Gasteiger partial charge in [0, 0.05) is 18.2 Å². The lowest BCUT2D eigenvalue weighted by atomic mass is 9.96. The molecule has 30 heavy (non-hydrogen) atoms. The van der Waals surface area contributed by atoms with Crippen molar-refractivity contribution in [3.8, 4) is 5.75 Å². The maximum absolute atomic E-state index is 13.7. The summed E-state index contributed by atoms with van der Waals surface area (Å²) < 4.78 is 55.1. The van der Waals surface area contributed by atoms with Gasteiger partial charge in [-0.25, -0.2) is 9.07 Å². The molecule has 1 aromatic heterocycles. The maximum Gasteiger partial charge on any atom is 0.410 e. The predicted molar refractivity (Wildman–Crippen MR) is 101 cm³/mol. The number of phenolic OH excluding ortho intramolecular Hbond substituents is 1. The Labute approximate surface area is 168 Å². The summed E-state index contributed by atoms with van der Waals surface area (Å²) in [7, 11) is 0. The van der Waals surface area contributed by atoms with E-state index in [1.54, 1.807) is 0 Å². The fraction of sp³-hybridized carbons (Fsp3) is 0.200. The van der Waals surface area contributed by atoms with Crippen LogP contribution in [0.25, 0.3) is 0 Å². The van der Waals surface area contributed by atoms with Crippen LogP contribution >= 0.6 is 0 Å². The van der Waals surface area contributed by atoms with Gasteiger partial charge in [-0.15, -0.1) is 0 Å². The Morgan fingerprint density at radius 2 is 1.93 bits per heavy atom. The largest absolute Gasteiger partial charge is 0.508 e. The minimum atomic E-state index is -4.60. The molecule has 0 aliphatic carbocycles. The molecule has 10 heteroatoms. The summed E-state index contributed by atoms with van der Waals surface area (Å²) in [5, 5.41) is 18.8. The van der Waals surface area contributed by atoms with Crippen LogP contribution in [0.4, 0.5) is 29.1 Å². The standard InChI is InChI=1S/C20H16F4N4O2/c21-12-6-4-11(5-7-12)16-9-17(20(22,23)24)28-18(27-16)15(10-25-28)19(30)26-13-2-1-3-14(29)8-13/h1-8,10,16-17,27,29H,9H2,(H,26,30)/t16-,17-/m1/s1. The van der Waals surface area contributed by atoms with Gasteiger partial charge in [-0.05, 0) is 29.8 Å². The molecular weight excluding hydrogens is 404 g/mol. The molecule has 2 atom stereocenters. The number of amides is 1. The number of carbonyl (C=O) groups is 1. The number of aromatic hydroxyl groups is 1. The SMILES string of the molecule is O=C(Nc1cccc(O)c1)c1cnn2c1N[C@@H](c1ccc(F)cc1)C[C@@H]2C(F)(F)F. The summed E-state index contributed by atoms with van der Waals surface area (Å²) in [6.07, 6.45) is -3.90. The number of carbonyl (C=O) groups excluding carboxylic acids is 1. The zero-order chi connectivity index (χ0) is 21.5. The van der Waals surface area contributed by atoms with E-state index in [-0.39, 0.29) is 29.2 Å². The Hall–Kier alpha value is -3.56.